The van der Waals surface area contributed by atoms with E-state index in [-0.39, 0.29) is 6.67 Å². The number of carbonyl (C=O) groups excluding carboxylic acids is 1. The van der Waals surface area contributed by atoms with Crippen LogP contribution in [0.25, 0.3) is 0 Å². The fourth-order valence-electron chi connectivity index (χ4n) is 2.40. The Kier molecular flexibility index (Phi) is 3.12. The number of para-hydroxylation sites is 1. The van der Waals surface area contributed by atoms with Crippen molar-refractivity contribution < 1.29 is 10.0 Å². The zero-order valence-corrected chi connectivity index (χ0v) is 11.6. The largest absolute Gasteiger partial charge is 0.320 e. The number of fused-ring (bicyclic) bond motifs is 1. The van der Waals surface area contributed by atoms with Gasteiger partial charge in [0.05, 0.1) is 11.3 Å². The molecule has 20 heavy (non-hydrogen) atoms. The van der Waals surface area contributed by atoms with Gasteiger partial charge >= 0.3 is 0 Å². The van der Waals surface area contributed by atoms with Crippen LogP contribution in [-0.4, -0.2) is 22.8 Å². The van der Waals surface area contributed by atoms with Crippen molar-refractivity contribution in [3.63, 3.8) is 0 Å². The van der Waals surface area contributed by atoms with Crippen LogP contribution in [-0.2, 0) is 0 Å². The molecule has 0 atom stereocenters. The summed E-state index contributed by atoms with van der Waals surface area (Å²) < 4.78 is 0. The molecule has 0 fully saturated rings. The van der Waals surface area contributed by atoms with Crippen molar-refractivity contribution in [2.75, 3.05) is 11.6 Å². The lowest BCUT2D eigenvalue weighted by Crippen LogP contribution is -2.42. The molecule has 0 aromatic heterocycles. The van der Waals surface area contributed by atoms with E-state index in [2.05, 4.69) is 0 Å². The third kappa shape index (κ3) is 1.94. The Bertz CT molecular complexity index is 687. The molecule has 5 heteroatoms. The number of hydrogen-bond donors (Lipinski definition) is 1. The van der Waals surface area contributed by atoms with Crippen molar-refractivity contribution in [1.82, 2.24) is 5.06 Å². The van der Waals surface area contributed by atoms with Crippen molar-refractivity contribution in [2.45, 2.75) is 6.92 Å². The van der Waals surface area contributed by atoms with Gasteiger partial charge in [0.2, 0.25) is 0 Å². The fourth-order valence-corrected chi connectivity index (χ4v) is 2.57. The van der Waals surface area contributed by atoms with Gasteiger partial charge in [-0.2, -0.15) is 5.06 Å². The van der Waals surface area contributed by atoms with Crippen molar-refractivity contribution in [1.29, 1.82) is 0 Å². The summed E-state index contributed by atoms with van der Waals surface area (Å²) in [4.78, 5) is 13.8. The van der Waals surface area contributed by atoms with E-state index in [1.807, 2.05) is 42.2 Å². The van der Waals surface area contributed by atoms with Gasteiger partial charge in [0.1, 0.15) is 6.67 Å². The second kappa shape index (κ2) is 4.81. The third-order valence-electron chi connectivity index (χ3n) is 3.46. The van der Waals surface area contributed by atoms with Crippen LogP contribution in [0.2, 0.25) is 5.02 Å². The van der Waals surface area contributed by atoms with Crippen LogP contribution < -0.4 is 4.90 Å². The van der Waals surface area contributed by atoms with Gasteiger partial charge in [0.15, 0.2) is 0 Å². The number of benzene rings is 2. The van der Waals surface area contributed by atoms with Crippen LogP contribution in [0.1, 0.15) is 15.9 Å². The Morgan fingerprint density at radius 1 is 1.10 bits per heavy atom. The van der Waals surface area contributed by atoms with Crippen LogP contribution in [0.4, 0.5) is 11.4 Å². The van der Waals surface area contributed by atoms with E-state index in [1.165, 1.54) is 0 Å². The monoisotopic (exact) mass is 288 g/mol. The highest BCUT2D eigenvalue weighted by Crippen LogP contribution is 2.36. The summed E-state index contributed by atoms with van der Waals surface area (Å²) in [5, 5.41) is 11.2. The van der Waals surface area contributed by atoms with E-state index in [0.29, 0.717) is 15.6 Å². The first-order chi connectivity index (χ1) is 9.59. The number of halogens is 1. The Hall–Kier alpha value is -2.04. The summed E-state index contributed by atoms with van der Waals surface area (Å²) in [6.07, 6.45) is 0. The van der Waals surface area contributed by atoms with Crippen LogP contribution in [0.5, 0.6) is 0 Å². The smallest absolute Gasteiger partial charge is 0.281 e. The molecule has 0 saturated heterocycles. The molecule has 1 aliphatic rings. The predicted octanol–water partition coefficient (Wildman–Crippen LogP) is 3.59. The van der Waals surface area contributed by atoms with Gasteiger partial charge in [-0.05, 0) is 36.8 Å². The van der Waals surface area contributed by atoms with Crippen LogP contribution in [0, 0.1) is 6.92 Å². The van der Waals surface area contributed by atoms with E-state index < -0.39 is 5.91 Å². The Morgan fingerprint density at radius 3 is 2.60 bits per heavy atom. The molecule has 102 valence electrons. The minimum atomic E-state index is -0.392. The fraction of sp³-hybridized carbons (Fsp3) is 0.133. The van der Waals surface area contributed by atoms with Crippen molar-refractivity contribution in [3.8, 4) is 0 Å². The van der Waals surface area contributed by atoms with Gasteiger partial charge in [-0.25, -0.2) is 0 Å². The molecule has 1 heterocycles. The summed E-state index contributed by atoms with van der Waals surface area (Å²) in [5.74, 6) is -0.392. The zero-order valence-electron chi connectivity index (χ0n) is 10.9. The van der Waals surface area contributed by atoms with Gasteiger partial charge in [-0.1, -0.05) is 29.8 Å². The molecule has 1 aliphatic heterocycles. The molecule has 1 N–H and O–H groups in total. The normalized spacial score (nSPS) is 14.4. The maximum Gasteiger partial charge on any atom is 0.281 e. The molecular weight excluding hydrogens is 276 g/mol. The van der Waals surface area contributed by atoms with Gasteiger partial charge in [0, 0.05) is 10.7 Å². The molecule has 0 aliphatic carbocycles. The van der Waals surface area contributed by atoms with Crippen LogP contribution >= 0.6 is 11.6 Å². The minimum Gasteiger partial charge on any atom is -0.320 e. The lowest BCUT2D eigenvalue weighted by molar-refractivity contribution is -0.0583. The lowest BCUT2D eigenvalue weighted by Gasteiger charge is -2.35. The highest BCUT2D eigenvalue weighted by atomic mass is 35.5. The summed E-state index contributed by atoms with van der Waals surface area (Å²) in [6.45, 7) is 2.00. The summed E-state index contributed by atoms with van der Waals surface area (Å²) >= 11 is 6.16. The Morgan fingerprint density at radius 2 is 1.80 bits per heavy atom. The van der Waals surface area contributed by atoms with Gasteiger partial charge in [-0.3, -0.25) is 10.0 Å². The average molecular weight is 289 g/mol. The first-order valence-corrected chi connectivity index (χ1v) is 6.60. The summed E-state index contributed by atoms with van der Waals surface area (Å²) in [6, 6.07) is 12.8. The number of hydroxylamine groups is 2. The molecule has 0 unspecified atom stereocenters. The topological polar surface area (TPSA) is 43.8 Å². The van der Waals surface area contributed by atoms with Crippen molar-refractivity contribution in [2.24, 2.45) is 0 Å². The maximum atomic E-state index is 12.0. The SMILES string of the molecule is Cc1c(Cl)cccc1N1CN(O)C(=O)c2ccccc21. The number of carbonyl (C=O) groups is 1. The molecule has 1 amide bonds. The number of rotatable bonds is 1. The molecule has 2 aromatic carbocycles. The Balaban J connectivity index is 2.18. The molecule has 0 spiro atoms. The molecule has 3 rings (SSSR count). The minimum absolute atomic E-state index is 0.0804. The standard InChI is InChI=1S/C15H13ClN2O2/c1-10-12(16)6-4-8-13(10)17-9-18(20)15(19)11-5-2-3-7-14(11)17/h2-8,20H,9H2,1H3. The second-order valence-electron chi connectivity index (χ2n) is 4.68. The van der Waals surface area contributed by atoms with E-state index in [9.17, 15) is 10.0 Å². The third-order valence-corrected chi connectivity index (χ3v) is 3.87. The van der Waals surface area contributed by atoms with Gasteiger partial charge in [0.25, 0.3) is 5.91 Å². The maximum absolute atomic E-state index is 12.0. The average Bonchev–Trinajstić information content (AvgIpc) is 2.46. The number of hydrogen-bond acceptors (Lipinski definition) is 3. The van der Waals surface area contributed by atoms with E-state index in [0.717, 1.165) is 16.9 Å². The van der Waals surface area contributed by atoms with E-state index in [1.54, 1.807) is 12.1 Å². The Labute approximate surface area is 121 Å². The highest BCUT2D eigenvalue weighted by Gasteiger charge is 2.29. The predicted molar refractivity (Wildman–Crippen MR) is 77.6 cm³/mol. The van der Waals surface area contributed by atoms with E-state index >= 15 is 0 Å². The van der Waals surface area contributed by atoms with Crippen molar-refractivity contribution >= 4 is 28.9 Å². The van der Waals surface area contributed by atoms with Gasteiger partial charge in [-0.15, -0.1) is 0 Å². The molecule has 4 nitrogen and oxygen atoms in total. The number of nitrogens with zero attached hydrogens (tertiary/aromatic N) is 2. The number of amides is 1. The number of anilines is 2. The lowest BCUT2D eigenvalue weighted by atomic mass is 10.1. The van der Waals surface area contributed by atoms with Gasteiger partial charge < -0.3 is 4.90 Å². The first-order valence-electron chi connectivity index (χ1n) is 6.22. The first kappa shape index (κ1) is 13.0. The second-order valence-corrected chi connectivity index (χ2v) is 5.08. The quantitative estimate of drug-likeness (QED) is 0.816. The van der Waals surface area contributed by atoms with Crippen LogP contribution in [0.15, 0.2) is 42.5 Å². The molecule has 0 radical (unpaired) electrons. The van der Waals surface area contributed by atoms with Crippen molar-refractivity contribution in [3.05, 3.63) is 58.6 Å². The summed E-state index contributed by atoms with van der Waals surface area (Å²) in [7, 11) is 0. The zero-order chi connectivity index (χ0) is 14.3. The highest BCUT2D eigenvalue weighted by molar-refractivity contribution is 6.31. The molecule has 0 saturated carbocycles. The molecule has 0 bridgehead atoms. The van der Waals surface area contributed by atoms with Crippen LogP contribution in [0.3, 0.4) is 0 Å². The van der Waals surface area contributed by atoms with E-state index in [4.69, 9.17) is 11.6 Å². The summed E-state index contributed by atoms with van der Waals surface area (Å²) in [5.41, 5.74) is 3.03. The molecular formula is C15H13ClN2O2. The molecule has 2 aromatic rings.